The van der Waals surface area contributed by atoms with E-state index in [1.165, 1.54) is 0 Å². The third-order valence-corrected chi connectivity index (χ3v) is 4.22. The van der Waals surface area contributed by atoms with Crippen LogP contribution in [-0.4, -0.2) is 16.5 Å². The molecule has 124 valence electrons. The van der Waals surface area contributed by atoms with Crippen molar-refractivity contribution in [3.05, 3.63) is 77.9 Å². The second-order valence-corrected chi connectivity index (χ2v) is 6.04. The summed E-state index contributed by atoms with van der Waals surface area (Å²) in [5.41, 5.74) is 3.64. The summed E-state index contributed by atoms with van der Waals surface area (Å²) in [6.07, 6.45) is 1.99. The van der Waals surface area contributed by atoms with Gasteiger partial charge < -0.3 is 10.1 Å². The Balaban J connectivity index is 1.84. The number of hydrogen-bond acceptors (Lipinski definition) is 3. The van der Waals surface area contributed by atoms with Gasteiger partial charge in [0.25, 0.3) is 0 Å². The number of pyridine rings is 1. The van der Waals surface area contributed by atoms with E-state index >= 15 is 0 Å². The largest absolute Gasteiger partial charge is 0.497 e. The van der Waals surface area contributed by atoms with Gasteiger partial charge in [0.05, 0.1) is 7.11 Å². The van der Waals surface area contributed by atoms with Gasteiger partial charge in [-0.25, -0.2) is 4.98 Å². The molecule has 0 aliphatic heterocycles. The number of aromatic nitrogens is 2. The SMILES string of the molecule is COc1ccc(Nc2c(-c3cccc(Cl)c3)nc3ccccn23)cc1. The first-order chi connectivity index (χ1) is 12.2. The monoisotopic (exact) mass is 349 g/mol. The summed E-state index contributed by atoms with van der Waals surface area (Å²) < 4.78 is 7.25. The Morgan fingerprint density at radius 2 is 1.84 bits per heavy atom. The molecule has 5 heteroatoms. The van der Waals surface area contributed by atoms with Crippen LogP contribution in [-0.2, 0) is 0 Å². The number of imidazole rings is 1. The summed E-state index contributed by atoms with van der Waals surface area (Å²) in [6.45, 7) is 0. The van der Waals surface area contributed by atoms with Crippen molar-refractivity contribution in [2.75, 3.05) is 12.4 Å². The van der Waals surface area contributed by atoms with Crippen molar-refractivity contribution in [3.8, 4) is 17.0 Å². The molecule has 0 saturated carbocycles. The zero-order chi connectivity index (χ0) is 17.2. The molecule has 25 heavy (non-hydrogen) atoms. The maximum atomic E-state index is 6.17. The van der Waals surface area contributed by atoms with Crippen molar-refractivity contribution in [1.82, 2.24) is 9.38 Å². The number of hydrogen-bond donors (Lipinski definition) is 1. The standard InChI is InChI=1S/C20H16ClN3O/c1-25-17-10-8-16(9-11-17)22-20-19(14-5-4-6-15(21)13-14)23-18-7-2-3-12-24(18)20/h2-13,22H,1H3. The van der Waals surface area contributed by atoms with Gasteiger partial charge in [0.1, 0.15) is 22.9 Å². The molecule has 4 aromatic rings. The van der Waals surface area contributed by atoms with Crippen LogP contribution in [0, 0.1) is 0 Å². The maximum absolute atomic E-state index is 6.17. The van der Waals surface area contributed by atoms with E-state index in [0.717, 1.165) is 34.2 Å². The van der Waals surface area contributed by atoms with Crippen LogP contribution in [0.3, 0.4) is 0 Å². The molecule has 0 aliphatic rings. The number of ether oxygens (including phenoxy) is 1. The average Bonchev–Trinajstić information content (AvgIpc) is 3.01. The molecule has 4 rings (SSSR count). The molecule has 0 bridgehead atoms. The molecule has 0 fully saturated rings. The Morgan fingerprint density at radius 3 is 2.60 bits per heavy atom. The van der Waals surface area contributed by atoms with Crippen molar-refractivity contribution >= 4 is 28.8 Å². The minimum atomic E-state index is 0.685. The van der Waals surface area contributed by atoms with E-state index in [4.69, 9.17) is 21.3 Å². The first-order valence-electron chi connectivity index (χ1n) is 7.89. The van der Waals surface area contributed by atoms with E-state index in [2.05, 4.69) is 5.32 Å². The Bertz CT molecular complexity index is 1020. The van der Waals surface area contributed by atoms with Crippen LogP contribution in [0.1, 0.15) is 0 Å². The zero-order valence-electron chi connectivity index (χ0n) is 13.6. The van der Waals surface area contributed by atoms with Gasteiger partial charge in [-0.1, -0.05) is 29.8 Å². The van der Waals surface area contributed by atoms with Crippen LogP contribution >= 0.6 is 11.6 Å². The second-order valence-electron chi connectivity index (χ2n) is 5.60. The summed E-state index contributed by atoms with van der Waals surface area (Å²) >= 11 is 6.17. The maximum Gasteiger partial charge on any atom is 0.143 e. The van der Waals surface area contributed by atoms with Crippen molar-refractivity contribution in [2.24, 2.45) is 0 Å². The minimum absolute atomic E-state index is 0.685. The molecule has 1 N–H and O–H groups in total. The number of halogens is 1. The lowest BCUT2D eigenvalue weighted by Crippen LogP contribution is -1.97. The van der Waals surface area contributed by atoms with E-state index in [1.807, 2.05) is 77.3 Å². The quantitative estimate of drug-likeness (QED) is 0.535. The lowest BCUT2D eigenvalue weighted by atomic mass is 10.1. The van der Waals surface area contributed by atoms with Crippen molar-refractivity contribution < 1.29 is 4.74 Å². The van der Waals surface area contributed by atoms with Crippen molar-refractivity contribution in [2.45, 2.75) is 0 Å². The number of fused-ring (bicyclic) bond motifs is 1. The highest BCUT2D eigenvalue weighted by Gasteiger charge is 2.14. The van der Waals surface area contributed by atoms with Gasteiger partial charge in [-0.05, 0) is 48.5 Å². The molecule has 2 heterocycles. The van der Waals surface area contributed by atoms with E-state index in [0.29, 0.717) is 5.02 Å². The molecule has 0 amide bonds. The minimum Gasteiger partial charge on any atom is -0.497 e. The summed E-state index contributed by atoms with van der Waals surface area (Å²) in [7, 11) is 1.66. The third-order valence-electron chi connectivity index (χ3n) is 3.98. The molecular weight excluding hydrogens is 334 g/mol. The highest BCUT2D eigenvalue weighted by Crippen LogP contribution is 2.32. The van der Waals surface area contributed by atoms with Gasteiger partial charge in [0.15, 0.2) is 0 Å². The number of anilines is 2. The molecule has 0 unspecified atom stereocenters. The van der Waals surface area contributed by atoms with Crippen LogP contribution in [0.2, 0.25) is 5.02 Å². The summed E-state index contributed by atoms with van der Waals surface area (Å²) in [6, 6.07) is 21.4. The first-order valence-corrected chi connectivity index (χ1v) is 8.26. The van der Waals surface area contributed by atoms with Crippen LogP contribution < -0.4 is 10.1 Å². The van der Waals surface area contributed by atoms with E-state index in [9.17, 15) is 0 Å². The van der Waals surface area contributed by atoms with Crippen LogP contribution in [0.4, 0.5) is 11.5 Å². The fourth-order valence-corrected chi connectivity index (χ4v) is 2.95. The Morgan fingerprint density at radius 1 is 1.00 bits per heavy atom. The van der Waals surface area contributed by atoms with Gasteiger partial charge >= 0.3 is 0 Å². The molecule has 0 saturated heterocycles. The number of benzene rings is 2. The summed E-state index contributed by atoms with van der Waals surface area (Å²) in [4.78, 5) is 4.77. The predicted octanol–water partition coefficient (Wildman–Crippen LogP) is 5.41. The highest BCUT2D eigenvalue weighted by atomic mass is 35.5. The lowest BCUT2D eigenvalue weighted by Gasteiger charge is -2.10. The Hall–Kier alpha value is -2.98. The van der Waals surface area contributed by atoms with Gasteiger partial charge in [-0.3, -0.25) is 4.40 Å². The zero-order valence-corrected chi connectivity index (χ0v) is 14.4. The summed E-state index contributed by atoms with van der Waals surface area (Å²) in [5, 5.41) is 4.15. The van der Waals surface area contributed by atoms with E-state index in [-0.39, 0.29) is 0 Å². The number of rotatable bonds is 4. The van der Waals surface area contributed by atoms with Crippen molar-refractivity contribution in [1.29, 1.82) is 0 Å². The van der Waals surface area contributed by atoms with Crippen LogP contribution in [0.15, 0.2) is 72.9 Å². The molecule has 4 nitrogen and oxygen atoms in total. The number of nitrogens with one attached hydrogen (secondary N) is 1. The van der Waals surface area contributed by atoms with E-state index in [1.54, 1.807) is 7.11 Å². The summed E-state index contributed by atoms with van der Waals surface area (Å²) in [5.74, 6) is 1.71. The molecular formula is C20H16ClN3O. The van der Waals surface area contributed by atoms with Crippen LogP contribution in [0.25, 0.3) is 16.9 Å². The smallest absolute Gasteiger partial charge is 0.143 e. The highest BCUT2D eigenvalue weighted by molar-refractivity contribution is 6.30. The molecule has 0 radical (unpaired) electrons. The topological polar surface area (TPSA) is 38.6 Å². The third kappa shape index (κ3) is 3.04. The van der Waals surface area contributed by atoms with E-state index < -0.39 is 0 Å². The fourth-order valence-electron chi connectivity index (χ4n) is 2.76. The number of nitrogens with zero attached hydrogens (tertiary/aromatic N) is 2. The first kappa shape index (κ1) is 15.5. The van der Waals surface area contributed by atoms with Crippen LogP contribution in [0.5, 0.6) is 5.75 Å². The van der Waals surface area contributed by atoms with Crippen molar-refractivity contribution in [3.63, 3.8) is 0 Å². The van der Waals surface area contributed by atoms with Gasteiger partial charge in [0, 0.05) is 22.5 Å². The number of methoxy groups -OCH3 is 1. The van der Waals surface area contributed by atoms with Gasteiger partial charge in [-0.2, -0.15) is 0 Å². The Labute approximate surface area is 150 Å². The van der Waals surface area contributed by atoms with Gasteiger partial charge in [-0.15, -0.1) is 0 Å². The second kappa shape index (κ2) is 6.49. The normalized spacial score (nSPS) is 10.8. The molecule has 0 spiro atoms. The average molecular weight is 350 g/mol. The molecule has 2 aromatic heterocycles. The molecule has 2 aromatic carbocycles. The van der Waals surface area contributed by atoms with Gasteiger partial charge in [0.2, 0.25) is 0 Å². The molecule has 0 aliphatic carbocycles. The fraction of sp³-hybridized carbons (Fsp3) is 0.0500. The lowest BCUT2D eigenvalue weighted by molar-refractivity contribution is 0.415. The molecule has 0 atom stereocenters. The predicted molar refractivity (Wildman–Crippen MR) is 102 cm³/mol. The Kier molecular flexibility index (Phi) is 4.04.